The summed E-state index contributed by atoms with van der Waals surface area (Å²) in [6.45, 7) is 0.731. The molecule has 0 amide bonds. The Hall–Kier alpha value is -3.62. The predicted molar refractivity (Wildman–Crippen MR) is 104 cm³/mol. The number of imidazole rings is 1. The molecule has 1 N–H and O–H groups in total. The zero-order chi connectivity index (χ0) is 20.7. The Morgan fingerprint density at radius 1 is 1.10 bits per heavy atom. The van der Waals surface area contributed by atoms with E-state index in [4.69, 9.17) is 4.74 Å². The van der Waals surface area contributed by atoms with Gasteiger partial charge in [-0.15, -0.1) is 0 Å². The molecule has 1 aliphatic rings. The Balaban J connectivity index is 1.51. The summed E-state index contributed by atoms with van der Waals surface area (Å²) < 4.78 is 48.4. The fourth-order valence-electron chi connectivity index (χ4n) is 3.75. The first-order chi connectivity index (χ1) is 14.6. The molecule has 0 saturated heterocycles. The number of pyridine rings is 1. The van der Waals surface area contributed by atoms with Gasteiger partial charge in [0.05, 0.1) is 18.3 Å². The molecule has 0 radical (unpaired) electrons. The summed E-state index contributed by atoms with van der Waals surface area (Å²) in [7, 11) is 0. The lowest BCUT2D eigenvalue weighted by Gasteiger charge is -2.14. The second-order valence-corrected chi connectivity index (χ2v) is 6.86. The molecule has 4 heterocycles. The number of hydrogen-bond acceptors (Lipinski definition) is 5. The van der Waals surface area contributed by atoms with Crippen molar-refractivity contribution < 1.29 is 17.9 Å². The SMILES string of the molecule is Fc1ccc2c(c1CNc1ncc(-c3cnccc3C(F)F)c3cncn13)CCO2. The smallest absolute Gasteiger partial charge is 0.264 e. The fourth-order valence-corrected chi connectivity index (χ4v) is 3.75. The molecule has 1 aromatic carbocycles. The lowest BCUT2D eigenvalue weighted by molar-refractivity contribution is 0.152. The van der Waals surface area contributed by atoms with E-state index in [9.17, 15) is 13.2 Å². The molecule has 30 heavy (non-hydrogen) atoms. The van der Waals surface area contributed by atoms with Gasteiger partial charge in [-0.05, 0) is 18.2 Å². The number of halogens is 3. The van der Waals surface area contributed by atoms with Crippen molar-refractivity contribution >= 4 is 11.5 Å². The van der Waals surface area contributed by atoms with Gasteiger partial charge in [0.15, 0.2) is 0 Å². The number of nitrogens with one attached hydrogen (secondary N) is 1. The van der Waals surface area contributed by atoms with Gasteiger partial charge >= 0.3 is 0 Å². The van der Waals surface area contributed by atoms with Crippen molar-refractivity contribution in [2.24, 2.45) is 0 Å². The van der Waals surface area contributed by atoms with Gasteiger partial charge in [-0.2, -0.15) is 0 Å². The largest absolute Gasteiger partial charge is 0.493 e. The first-order valence-corrected chi connectivity index (χ1v) is 9.34. The normalized spacial score (nSPS) is 12.9. The van der Waals surface area contributed by atoms with Gasteiger partial charge < -0.3 is 10.1 Å². The number of hydrogen-bond donors (Lipinski definition) is 1. The molecule has 152 valence electrons. The summed E-state index contributed by atoms with van der Waals surface area (Å²) in [4.78, 5) is 12.5. The number of nitrogens with zero attached hydrogens (tertiary/aromatic N) is 4. The Bertz CT molecular complexity index is 1240. The Labute approximate surface area is 169 Å². The molecule has 3 aromatic heterocycles. The maximum Gasteiger partial charge on any atom is 0.264 e. The average molecular weight is 411 g/mol. The third kappa shape index (κ3) is 3.02. The molecule has 0 unspecified atom stereocenters. The average Bonchev–Trinajstić information content (AvgIpc) is 3.42. The highest BCUT2D eigenvalue weighted by Gasteiger charge is 2.21. The van der Waals surface area contributed by atoms with E-state index in [2.05, 4.69) is 20.3 Å². The molecule has 1 aliphatic heterocycles. The van der Waals surface area contributed by atoms with Crippen molar-refractivity contribution in [1.29, 1.82) is 0 Å². The quantitative estimate of drug-likeness (QED) is 0.527. The lowest BCUT2D eigenvalue weighted by atomic mass is 10.0. The van der Waals surface area contributed by atoms with Crippen molar-refractivity contribution in [1.82, 2.24) is 19.4 Å². The van der Waals surface area contributed by atoms with Crippen molar-refractivity contribution in [3.8, 4) is 16.9 Å². The van der Waals surface area contributed by atoms with Gasteiger partial charge in [-0.3, -0.25) is 9.38 Å². The van der Waals surface area contributed by atoms with Gasteiger partial charge in [0.25, 0.3) is 6.43 Å². The van der Waals surface area contributed by atoms with Crippen LogP contribution in [0.3, 0.4) is 0 Å². The number of ether oxygens (including phenoxy) is 1. The highest BCUT2D eigenvalue weighted by Crippen LogP contribution is 2.34. The summed E-state index contributed by atoms with van der Waals surface area (Å²) in [5, 5.41) is 3.13. The second kappa shape index (κ2) is 7.33. The highest BCUT2D eigenvalue weighted by atomic mass is 19.3. The highest BCUT2D eigenvalue weighted by molar-refractivity contribution is 5.81. The van der Waals surface area contributed by atoms with Crippen LogP contribution in [-0.4, -0.2) is 26.0 Å². The Kier molecular flexibility index (Phi) is 4.50. The van der Waals surface area contributed by atoms with E-state index in [1.807, 2.05) is 0 Å². The van der Waals surface area contributed by atoms with E-state index in [1.165, 1.54) is 37.1 Å². The molecule has 4 aromatic rings. The minimum absolute atomic E-state index is 0.127. The van der Waals surface area contributed by atoms with Crippen LogP contribution in [0.25, 0.3) is 16.6 Å². The van der Waals surface area contributed by atoms with Crippen molar-refractivity contribution in [2.75, 3.05) is 11.9 Å². The summed E-state index contributed by atoms with van der Waals surface area (Å²) in [6.07, 6.45) is 5.32. The van der Waals surface area contributed by atoms with Crippen LogP contribution in [0.2, 0.25) is 0 Å². The van der Waals surface area contributed by atoms with E-state index in [1.54, 1.807) is 16.7 Å². The molecule has 0 saturated carbocycles. The first kappa shape index (κ1) is 18.4. The van der Waals surface area contributed by atoms with Crippen LogP contribution in [0.1, 0.15) is 23.1 Å². The van der Waals surface area contributed by atoms with Crippen LogP contribution in [0.5, 0.6) is 5.75 Å². The topological polar surface area (TPSA) is 64.3 Å². The van der Waals surface area contributed by atoms with Gasteiger partial charge in [0.2, 0.25) is 5.95 Å². The third-order valence-electron chi connectivity index (χ3n) is 5.20. The molecular weight excluding hydrogens is 395 g/mol. The molecule has 0 fully saturated rings. The summed E-state index contributed by atoms with van der Waals surface area (Å²) in [6, 6.07) is 4.31. The molecule has 0 spiro atoms. The Morgan fingerprint density at radius 2 is 2.00 bits per heavy atom. The maximum absolute atomic E-state index is 14.4. The van der Waals surface area contributed by atoms with Crippen molar-refractivity contribution in [3.63, 3.8) is 0 Å². The number of alkyl halides is 2. The summed E-state index contributed by atoms with van der Waals surface area (Å²) >= 11 is 0. The number of anilines is 1. The second-order valence-electron chi connectivity index (χ2n) is 6.86. The maximum atomic E-state index is 14.4. The monoisotopic (exact) mass is 411 g/mol. The number of aromatic nitrogens is 4. The van der Waals surface area contributed by atoms with E-state index in [0.29, 0.717) is 46.9 Å². The molecular formula is C21H16F3N5O. The predicted octanol–water partition coefficient (Wildman–Crippen LogP) is 4.42. The number of benzene rings is 1. The zero-order valence-electron chi connectivity index (χ0n) is 15.6. The van der Waals surface area contributed by atoms with E-state index < -0.39 is 6.43 Å². The van der Waals surface area contributed by atoms with E-state index in [-0.39, 0.29) is 17.9 Å². The summed E-state index contributed by atoms with van der Waals surface area (Å²) in [5.41, 5.74) is 2.61. The molecule has 6 nitrogen and oxygen atoms in total. The van der Waals surface area contributed by atoms with Gasteiger partial charge in [0, 0.05) is 59.4 Å². The van der Waals surface area contributed by atoms with Crippen LogP contribution in [0.4, 0.5) is 19.1 Å². The van der Waals surface area contributed by atoms with E-state index >= 15 is 0 Å². The molecule has 0 aliphatic carbocycles. The van der Waals surface area contributed by atoms with Crippen LogP contribution in [0.15, 0.2) is 49.3 Å². The molecule has 5 rings (SSSR count). The molecule has 0 bridgehead atoms. The summed E-state index contributed by atoms with van der Waals surface area (Å²) in [5.74, 6) is 0.798. The van der Waals surface area contributed by atoms with Gasteiger partial charge in [-0.1, -0.05) is 0 Å². The van der Waals surface area contributed by atoms with Crippen molar-refractivity contribution in [3.05, 3.63) is 71.8 Å². The fraction of sp³-hybridized carbons (Fsp3) is 0.190. The lowest BCUT2D eigenvalue weighted by Crippen LogP contribution is -2.09. The van der Waals surface area contributed by atoms with Crippen molar-refractivity contribution in [2.45, 2.75) is 19.4 Å². The number of rotatable bonds is 5. The number of fused-ring (bicyclic) bond motifs is 2. The van der Waals surface area contributed by atoms with E-state index in [0.717, 1.165) is 5.56 Å². The third-order valence-corrected chi connectivity index (χ3v) is 5.20. The van der Waals surface area contributed by atoms with Crippen LogP contribution >= 0.6 is 0 Å². The Morgan fingerprint density at radius 3 is 2.87 bits per heavy atom. The standard InChI is InChI=1S/C21H16F3N5O/c22-17-1-2-19-12(4-6-30-19)15(17)8-27-21-28-9-16(18-10-26-11-29(18)21)14-7-25-5-3-13(14)20(23)24/h1-3,5,7,9-11,20H,4,6,8H2,(H,27,28). The minimum atomic E-state index is -2.64. The van der Waals surface area contributed by atoms with Gasteiger partial charge in [0.1, 0.15) is 17.9 Å². The van der Waals surface area contributed by atoms with Crippen LogP contribution < -0.4 is 10.1 Å². The first-order valence-electron chi connectivity index (χ1n) is 9.34. The van der Waals surface area contributed by atoms with Crippen LogP contribution in [-0.2, 0) is 13.0 Å². The zero-order valence-corrected chi connectivity index (χ0v) is 15.6. The molecule has 9 heteroatoms. The van der Waals surface area contributed by atoms with Crippen LogP contribution in [0, 0.1) is 5.82 Å². The van der Waals surface area contributed by atoms with Gasteiger partial charge in [-0.25, -0.2) is 23.1 Å². The molecule has 0 atom stereocenters. The minimum Gasteiger partial charge on any atom is -0.493 e.